The lowest BCUT2D eigenvalue weighted by Crippen LogP contribution is -2.23. The summed E-state index contributed by atoms with van der Waals surface area (Å²) in [6.07, 6.45) is 1.04. The van der Waals surface area contributed by atoms with Gasteiger partial charge in [-0.25, -0.2) is 0 Å². The molecule has 2 heterocycles. The highest BCUT2D eigenvalue weighted by atomic mass is 16.5. The summed E-state index contributed by atoms with van der Waals surface area (Å²) in [5.74, 6) is 2.17. The zero-order valence-corrected chi connectivity index (χ0v) is 13.4. The van der Waals surface area contributed by atoms with E-state index in [1.807, 2.05) is 0 Å². The van der Waals surface area contributed by atoms with Crippen LogP contribution in [0.25, 0.3) is 0 Å². The molecule has 2 N–H and O–H groups in total. The minimum atomic E-state index is 0.551. The van der Waals surface area contributed by atoms with Crippen LogP contribution in [-0.4, -0.2) is 31.1 Å². The molecular weight excluding hydrogens is 284 g/mol. The number of hydrogen-bond acceptors (Lipinski definition) is 3. The van der Waals surface area contributed by atoms with Crippen molar-refractivity contribution in [3.63, 3.8) is 0 Å². The standard InChI is InChI=1S/C20H24N2O/c21-11-18-13-22(14-19(18)16-4-2-1-3-5-16)12-15-6-7-20-17(10-15)8-9-23-20/h1-7,10,18-19H,8-9,11-14,21H2/t18-,19+/m1/s1. The molecule has 4 rings (SSSR count). The Kier molecular flexibility index (Phi) is 4.06. The van der Waals surface area contributed by atoms with E-state index in [4.69, 9.17) is 10.5 Å². The van der Waals surface area contributed by atoms with Gasteiger partial charge in [-0.2, -0.15) is 0 Å². The van der Waals surface area contributed by atoms with Crippen LogP contribution in [0.3, 0.4) is 0 Å². The van der Waals surface area contributed by atoms with Gasteiger partial charge in [0.15, 0.2) is 0 Å². The van der Waals surface area contributed by atoms with Crippen molar-refractivity contribution in [3.8, 4) is 5.75 Å². The van der Waals surface area contributed by atoms with E-state index in [1.165, 1.54) is 16.7 Å². The predicted octanol–water partition coefficient (Wildman–Crippen LogP) is 2.80. The van der Waals surface area contributed by atoms with E-state index in [1.54, 1.807) is 0 Å². The first kappa shape index (κ1) is 14.7. The highest BCUT2D eigenvalue weighted by Gasteiger charge is 2.32. The molecule has 0 unspecified atom stereocenters. The number of rotatable bonds is 4. The second-order valence-corrected chi connectivity index (χ2v) is 6.75. The summed E-state index contributed by atoms with van der Waals surface area (Å²) < 4.78 is 5.60. The highest BCUT2D eigenvalue weighted by molar-refractivity contribution is 5.39. The Morgan fingerprint density at radius 2 is 1.96 bits per heavy atom. The van der Waals surface area contributed by atoms with E-state index >= 15 is 0 Å². The SMILES string of the molecule is NC[C@@H]1CN(Cc2ccc3c(c2)CCO3)C[C@H]1c1ccccc1. The zero-order chi connectivity index (χ0) is 15.6. The molecule has 2 atom stereocenters. The molecule has 3 nitrogen and oxygen atoms in total. The number of likely N-dealkylation sites (tertiary alicyclic amines) is 1. The average Bonchev–Trinajstić information content (AvgIpc) is 3.21. The van der Waals surface area contributed by atoms with Crippen molar-refractivity contribution in [2.24, 2.45) is 11.7 Å². The average molecular weight is 308 g/mol. The lowest BCUT2D eigenvalue weighted by atomic mass is 9.89. The van der Waals surface area contributed by atoms with Gasteiger partial charge in [-0.05, 0) is 35.2 Å². The molecule has 1 saturated heterocycles. The van der Waals surface area contributed by atoms with Crippen LogP contribution in [0.15, 0.2) is 48.5 Å². The van der Waals surface area contributed by atoms with Gasteiger partial charge in [0, 0.05) is 32.0 Å². The van der Waals surface area contributed by atoms with Crippen molar-refractivity contribution in [1.29, 1.82) is 0 Å². The Bertz CT molecular complexity index is 671. The van der Waals surface area contributed by atoms with Crippen LogP contribution in [0.2, 0.25) is 0 Å². The molecule has 23 heavy (non-hydrogen) atoms. The van der Waals surface area contributed by atoms with Crippen molar-refractivity contribution in [1.82, 2.24) is 4.90 Å². The molecule has 0 saturated carbocycles. The largest absolute Gasteiger partial charge is 0.493 e. The quantitative estimate of drug-likeness (QED) is 0.944. The van der Waals surface area contributed by atoms with Crippen LogP contribution < -0.4 is 10.5 Å². The smallest absolute Gasteiger partial charge is 0.122 e. The number of benzene rings is 2. The first-order chi connectivity index (χ1) is 11.3. The minimum Gasteiger partial charge on any atom is -0.493 e. The zero-order valence-electron chi connectivity index (χ0n) is 13.4. The predicted molar refractivity (Wildman–Crippen MR) is 92.6 cm³/mol. The monoisotopic (exact) mass is 308 g/mol. The molecule has 0 bridgehead atoms. The molecule has 0 aliphatic carbocycles. The number of hydrogen-bond donors (Lipinski definition) is 1. The molecule has 0 amide bonds. The molecule has 0 radical (unpaired) electrons. The van der Waals surface area contributed by atoms with Crippen LogP contribution in [0.1, 0.15) is 22.6 Å². The van der Waals surface area contributed by atoms with Gasteiger partial charge >= 0.3 is 0 Å². The first-order valence-corrected chi connectivity index (χ1v) is 8.55. The molecule has 3 heteroatoms. The normalized spacial score (nSPS) is 23.7. The molecule has 2 aliphatic rings. The molecule has 0 aromatic heterocycles. The van der Waals surface area contributed by atoms with Gasteiger partial charge in [0.1, 0.15) is 5.75 Å². The van der Waals surface area contributed by atoms with Crippen molar-refractivity contribution >= 4 is 0 Å². The van der Waals surface area contributed by atoms with Gasteiger partial charge in [0.2, 0.25) is 0 Å². The van der Waals surface area contributed by atoms with Gasteiger partial charge in [0.05, 0.1) is 6.61 Å². The Balaban J connectivity index is 1.48. The first-order valence-electron chi connectivity index (χ1n) is 8.55. The van der Waals surface area contributed by atoms with Crippen molar-refractivity contribution in [2.75, 3.05) is 26.2 Å². The third-order valence-electron chi connectivity index (χ3n) is 5.21. The van der Waals surface area contributed by atoms with Crippen molar-refractivity contribution in [2.45, 2.75) is 18.9 Å². The second-order valence-electron chi connectivity index (χ2n) is 6.75. The summed E-state index contributed by atoms with van der Waals surface area (Å²) in [5.41, 5.74) is 10.2. The summed E-state index contributed by atoms with van der Waals surface area (Å²) in [5, 5.41) is 0. The van der Waals surface area contributed by atoms with Gasteiger partial charge in [-0.1, -0.05) is 42.5 Å². The number of nitrogens with zero attached hydrogens (tertiary/aromatic N) is 1. The van der Waals surface area contributed by atoms with Crippen LogP contribution in [0, 0.1) is 5.92 Å². The van der Waals surface area contributed by atoms with Crippen LogP contribution in [-0.2, 0) is 13.0 Å². The fraction of sp³-hybridized carbons (Fsp3) is 0.400. The fourth-order valence-corrected chi connectivity index (χ4v) is 4.00. The Labute approximate surface area is 138 Å². The van der Waals surface area contributed by atoms with E-state index < -0.39 is 0 Å². The number of fused-ring (bicyclic) bond motifs is 1. The Morgan fingerprint density at radius 1 is 1.09 bits per heavy atom. The van der Waals surface area contributed by atoms with Crippen molar-refractivity contribution < 1.29 is 4.74 Å². The summed E-state index contributed by atoms with van der Waals surface area (Å²) in [6, 6.07) is 17.5. The van der Waals surface area contributed by atoms with E-state index in [9.17, 15) is 0 Å². The Hall–Kier alpha value is -1.84. The third-order valence-corrected chi connectivity index (χ3v) is 5.21. The van der Waals surface area contributed by atoms with E-state index in [0.717, 1.165) is 45.0 Å². The maximum atomic E-state index is 6.05. The second kappa shape index (κ2) is 6.34. The molecule has 2 aromatic carbocycles. The summed E-state index contributed by atoms with van der Waals surface area (Å²) >= 11 is 0. The van der Waals surface area contributed by atoms with Gasteiger partial charge in [0.25, 0.3) is 0 Å². The topological polar surface area (TPSA) is 38.5 Å². The van der Waals surface area contributed by atoms with Gasteiger partial charge in [-0.15, -0.1) is 0 Å². The van der Waals surface area contributed by atoms with Crippen LogP contribution in [0.4, 0.5) is 0 Å². The third kappa shape index (κ3) is 2.99. The van der Waals surface area contributed by atoms with E-state index in [2.05, 4.69) is 53.4 Å². The number of nitrogens with two attached hydrogens (primary N) is 1. The van der Waals surface area contributed by atoms with Crippen molar-refractivity contribution in [3.05, 3.63) is 65.2 Å². The van der Waals surface area contributed by atoms with Gasteiger partial charge < -0.3 is 10.5 Å². The summed E-state index contributed by atoms with van der Waals surface area (Å²) in [7, 11) is 0. The van der Waals surface area contributed by atoms with E-state index in [-0.39, 0.29) is 0 Å². The molecule has 2 aromatic rings. The summed E-state index contributed by atoms with van der Waals surface area (Å²) in [6.45, 7) is 4.78. The fourth-order valence-electron chi connectivity index (χ4n) is 4.00. The molecule has 1 fully saturated rings. The van der Waals surface area contributed by atoms with E-state index in [0.29, 0.717) is 11.8 Å². The highest BCUT2D eigenvalue weighted by Crippen LogP contribution is 2.33. The Morgan fingerprint density at radius 3 is 2.78 bits per heavy atom. The molecular formula is C20H24N2O. The molecule has 120 valence electrons. The van der Waals surface area contributed by atoms with Crippen LogP contribution >= 0.6 is 0 Å². The lowest BCUT2D eigenvalue weighted by Gasteiger charge is -2.17. The molecule has 0 spiro atoms. The maximum absolute atomic E-state index is 6.05. The lowest BCUT2D eigenvalue weighted by molar-refractivity contribution is 0.316. The van der Waals surface area contributed by atoms with Gasteiger partial charge in [-0.3, -0.25) is 4.90 Å². The maximum Gasteiger partial charge on any atom is 0.122 e. The molecule has 2 aliphatic heterocycles. The summed E-state index contributed by atoms with van der Waals surface area (Å²) in [4.78, 5) is 2.55. The minimum absolute atomic E-state index is 0.551. The number of ether oxygens (including phenoxy) is 1. The van der Waals surface area contributed by atoms with Crippen LogP contribution in [0.5, 0.6) is 5.75 Å².